The average molecular weight is 461 g/mol. The summed E-state index contributed by atoms with van der Waals surface area (Å²) in [5.41, 5.74) is 2.22. The number of hydrogen-bond acceptors (Lipinski definition) is 6. The van der Waals surface area contributed by atoms with Gasteiger partial charge in [0.1, 0.15) is 5.75 Å². The highest BCUT2D eigenvalue weighted by Gasteiger charge is 2.32. The van der Waals surface area contributed by atoms with E-state index in [0.29, 0.717) is 17.8 Å². The molecular weight excluding hydrogens is 428 g/mol. The van der Waals surface area contributed by atoms with E-state index in [0.717, 1.165) is 36.1 Å². The van der Waals surface area contributed by atoms with Gasteiger partial charge in [0, 0.05) is 5.56 Å². The Labute approximate surface area is 194 Å². The van der Waals surface area contributed by atoms with E-state index in [-0.39, 0.29) is 18.5 Å². The van der Waals surface area contributed by atoms with E-state index in [1.54, 1.807) is 7.11 Å². The van der Waals surface area contributed by atoms with Crippen molar-refractivity contribution in [2.45, 2.75) is 55.4 Å². The first-order chi connectivity index (χ1) is 15.3. The van der Waals surface area contributed by atoms with Gasteiger partial charge >= 0.3 is 0 Å². The summed E-state index contributed by atoms with van der Waals surface area (Å²) in [4.78, 5) is 0. The lowest BCUT2D eigenvalue weighted by Crippen LogP contribution is -2.38. The highest BCUT2D eigenvalue weighted by Crippen LogP contribution is 2.36. The Balaban J connectivity index is 1.40. The fraction of sp³-hybridized carbons (Fsp3) is 0.520. The molecule has 0 N–H and O–H groups in total. The summed E-state index contributed by atoms with van der Waals surface area (Å²) in [6.45, 7) is 1.27. The molecule has 0 aromatic heterocycles. The molecule has 2 heterocycles. The van der Waals surface area contributed by atoms with Crippen molar-refractivity contribution in [1.29, 1.82) is 0 Å². The Morgan fingerprint density at radius 3 is 2.55 bits per heavy atom. The molecule has 0 unspecified atom stereocenters. The van der Waals surface area contributed by atoms with E-state index in [4.69, 9.17) is 18.9 Å². The standard InChI is InChI=1S/C25H32O4S2/c1-26-21-10-8-19(9-11-21)18-28-22(12-13-24-30-16-5-17-31-24)23-14-15-27-25(29-23)20-6-3-2-4-7-20/h2-4,6-11,22-25H,5,12-18H2,1H3/t22-,23-,25-/m0/s1. The third-order valence-corrected chi connectivity index (χ3v) is 8.74. The molecule has 2 aromatic rings. The molecule has 2 saturated heterocycles. The minimum atomic E-state index is -0.314. The van der Waals surface area contributed by atoms with E-state index in [9.17, 15) is 0 Å². The Morgan fingerprint density at radius 1 is 1.03 bits per heavy atom. The molecule has 2 aliphatic heterocycles. The van der Waals surface area contributed by atoms with Gasteiger partial charge in [-0.25, -0.2) is 0 Å². The summed E-state index contributed by atoms with van der Waals surface area (Å²) in [6, 6.07) is 18.3. The highest BCUT2D eigenvalue weighted by molar-refractivity contribution is 8.17. The first kappa shape index (κ1) is 23.0. The molecule has 6 heteroatoms. The van der Waals surface area contributed by atoms with Crippen LogP contribution in [0.3, 0.4) is 0 Å². The smallest absolute Gasteiger partial charge is 0.184 e. The molecule has 2 aliphatic rings. The van der Waals surface area contributed by atoms with Crippen molar-refractivity contribution in [1.82, 2.24) is 0 Å². The number of rotatable bonds is 9. The first-order valence-electron chi connectivity index (χ1n) is 11.1. The molecule has 3 atom stereocenters. The Morgan fingerprint density at radius 2 is 1.81 bits per heavy atom. The van der Waals surface area contributed by atoms with Crippen molar-refractivity contribution < 1.29 is 18.9 Å². The van der Waals surface area contributed by atoms with Gasteiger partial charge in [-0.1, -0.05) is 42.5 Å². The van der Waals surface area contributed by atoms with Crippen LogP contribution in [0, 0.1) is 0 Å². The van der Waals surface area contributed by atoms with Crippen molar-refractivity contribution in [2.24, 2.45) is 0 Å². The van der Waals surface area contributed by atoms with E-state index < -0.39 is 0 Å². The van der Waals surface area contributed by atoms with Crippen molar-refractivity contribution >= 4 is 23.5 Å². The van der Waals surface area contributed by atoms with Crippen molar-refractivity contribution in [3.63, 3.8) is 0 Å². The predicted molar refractivity (Wildman–Crippen MR) is 129 cm³/mol. The molecule has 2 aromatic carbocycles. The topological polar surface area (TPSA) is 36.9 Å². The molecule has 0 spiro atoms. The van der Waals surface area contributed by atoms with Crippen molar-refractivity contribution in [3.8, 4) is 5.75 Å². The molecule has 0 saturated carbocycles. The minimum absolute atomic E-state index is 0.0378. The van der Waals surface area contributed by atoms with Gasteiger partial charge in [-0.05, 0) is 54.9 Å². The fourth-order valence-electron chi connectivity index (χ4n) is 3.92. The fourth-order valence-corrected chi connectivity index (χ4v) is 6.82. The summed E-state index contributed by atoms with van der Waals surface area (Å²) in [5.74, 6) is 3.42. The van der Waals surface area contributed by atoms with Gasteiger partial charge in [-0.15, -0.1) is 23.5 Å². The van der Waals surface area contributed by atoms with Gasteiger partial charge < -0.3 is 18.9 Å². The van der Waals surface area contributed by atoms with E-state index >= 15 is 0 Å². The summed E-state index contributed by atoms with van der Waals surface area (Å²) >= 11 is 4.19. The average Bonchev–Trinajstić information content (AvgIpc) is 2.86. The van der Waals surface area contributed by atoms with Gasteiger partial charge in [-0.2, -0.15) is 0 Å². The zero-order chi connectivity index (χ0) is 21.3. The van der Waals surface area contributed by atoms with Crippen LogP contribution >= 0.6 is 23.5 Å². The number of ether oxygens (including phenoxy) is 4. The highest BCUT2D eigenvalue weighted by atomic mass is 32.2. The maximum absolute atomic E-state index is 6.48. The lowest BCUT2D eigenvalue weighted by molar-refractivity contribution is -0.244. The molecule has 168 valence electrons. The molecule has 0 bridgehead atoms. The summed E-state index contributed by atoms with van der Waals surface area (Å²) in [7, 11) is 1.69. The molecule has 4 nitrogen and oxygen atoms in total. The normalized spacial score (nSPS) is 23.4. The van der Waals surface area contributed by atoms with Crippen LogP contribution in [-0.2, 0) is 20.8 Å². The Bertz CT molecular complexity index is 765. The third kappa shape index (κ3) is 6.90. The number of thioether (sulfide) groups is 2. The second-order valence-corrected chi connectivity index (χ2v) is 10.8. The van der Waals surface area contributed by atoms with Crippen LogP contribution in [0.5, 0.6) is 5.75 Å². The molecule has 4 rings (SSSR count). The van der Waals surface area contributed by atoms with Gasteiger partial charge in [0.25, 0.3) is 0 Å². The third-order valence-electron chi connectivity index (χ3n) is 5.66. The number of benzene rings is 2. The van der Waals surface area contributed by atoms with Crippen LogP contribution < -0.4 is 4.74 Å². The second-order valence-electron chi connectivity index (χ2n) is 7.88. The lowest BCUT2D eigenvalue weighted by atomic mass is 10.0. The maximum atomic E-state index is 6.48. The molecule has 0 aliphatic carbocycles. The van der Waals surface area contributed by atoms with Crippen LogP contribution in [0.2, 0.25) is 0 Å². The summed E-state index contributed by atoms with van der Waals surface area (Å²) < 4.78 is 24.8. The van der Waals surface area contributed by atoms with E-state index in [1.165, 1.54) is 17.9 Å². The molecular formula is C25H32O4S2. The van der Waals surface area contributed by atoms with E-state index in [2.05, 4.69) is 47.8 Å². The predicted octanol–water partition coefficient (Wildman–Crippen LogP) is 6.06. The second kappa shape index (κ2) is 12.2. The van der Waals surface area contributed by atoms with Crippen molar-refractivity contribution in [2.75, 3.05) is 25.2 Å². The van der Waals surface area contributed by atoms with E-state index in [1.807, 2.05) is 30.3 Å². The monoisotopic (exact) mass is 460 g/mol. The molecule has 2 fully saturated rings. The molecule has 0 amide bonds. The zero-order valence-corrected chi connectivity index (χ0v) is 19.7. The molecule has 0 radical (unpaired) electrons. The zero-order valence-electron chi connectivity index (χ0n) is 18.1. The Kier molecular flexibility index (Phi) is 9.02. The number of hydrogen-bond donors (Lipinski definition) is 0. The SMILES string of the molecule is COc1ccc(CO[C@@H](CCC2SCCCS2)[C@@H]2CCO[C@H](c3ccccc3)O2)cc1. The largest absolute Gasteiger partial charge is 0.497 e. The number of methoxy groups -OCH3 is 1. The molecule has 31 heavy (non-hydrogen) atoms. The van der Waals surface area contributed by atoms with Gasteiger partial charge in [-0.3, -0.25) is 0 Å². The first-order valence-corrected chi connectivity index (χ1v) is 13.2. The minimum Gasteiger partial charge on any atom is -0.497 e. The maximum Gasteiger partial charge on any atom is 0.184 e. The van der Waals surface area contributed by atoms with Gasteiger partial charge in [0.15, 0.2) is 6.29 Å². The van der Waals surface area contributed by atoms with Crippen molar-refractivity contribution in [3.05, 3.63) is 65.7 Å². The van der Waals surface area contributed by atoms with Crippen LogP contribution in [0.25, 0.3) is 0 Å². The summed E-state index contributed by atoms with van der Waals surface area (Å²) in [5, 5.41) is 0. The van der Waals surface area contributed by atoms with Gasteiger partial charge in [0.05, 0.1) is 37.1 Å². The summed E-state index contributed by atoms with van der Waals surface area (Å²) in [6.07, 6.45) is 4.13. The lowest BCUT2D eigenvalue weighted by Gasteiger charge is -2.36. The van der Waals surface area contributed by atoms with Crippen LogP contribution in [0.4, 0.5) is 0 Å². The van der Waals surface area contributed by atoms with Gasteiger partial charge in [0.2, 0.25) is 0 Å². The van der Waals surface area contributed by atoms with Crippen LogP contribution in [0.15, 0.2) is 54.6 Å². The quantitative estimate of drug-likeness (QED) is 0.453. The Hall–Kier alpha value is -1.18. The van der Waals surface area contributed by atoms with Crippen LogP contribution in [-0.4, -0.2) is 42.0 Å². The van der Waals surface area contributed by atoms with Crippen LogP contribution in [0.1, 0.15) is 43.1 Å².